The summed E-state index contributed by atoms with van der Waals surface area (Å²) < 4.78 is 0. The van der Waals surface area contributed by atoms with Gasteiger partial charge < -0.3 is 15.6 Å². The van der Waals surface area contributed by atoms with Crippen molar-refractivity contribution in [2.75, 3.05) is 13.1 Å². The highest BCUT2D eigenvalue weighted by Crippen LogP contribution is 2.17. The largest absolute Gasteiger partial charge is 0.393 e. The van der Waals surface area contributed by atoms with Crippen LogP contribution in [-0.2, 0) is 0 Å². The van der Waals surface area contributed by atoms with Gasteiger partial charge in [-0.05, 0) is 12.8 Å². The summed E-state index contributed by atoms with van der Waals surface area (Å²) in [7, 11) is 0. The molecule has 1 fully saturated rings. The maximum atomic E-state index is 12.2. The van der Waals surface area contributed by atoms with Crippen molar-refractivity contribution in [2.24, 2.45) is 11.7 Å². The lowest BCUT2D eigenvalue weighted by Gasteiger charge is -2.32. The van der Waals surface area contributed by atoms with Crippen molar-refractivity contribution in [1.82, 2.24) is 9.88 Å². The lowest BCUT2D eigenvalue weighted by Crippen LogP contribution is -2.44. The molecule has 1 aromatic heterocycles. The number of amides is 1. The summed E-state index contributed by atoms with van der Waals surface area (Å²) >= 11 is 4.97. The molecule has 0 radical (unpaired) electrons. The Bertz CT molecular complexity index is 526. The van der Waals surface area contributed by atoms with Gasteiger partial charge in [-0.25, -0.2) is 0 Å². The van der Waals surface area contributed by atoms with E-state index in [2.05, 4.69) is 4.98 Å². The fourth-order valence-electron chi connectivity index (χ4n) is 2.15. The van der Waals surface area contributed by atoms with Gasteiger partial charge in [-0.1, -0.05) is 12.2 Å². The van der Waals surface area contributed by atoms with E-state index in [1.165, 1.54) is 18.5 Å². The SMILES string of the molecule is NC(=S)C1CCCN(C(=O)c2c[nH]ccc2=O)C1. The number of aromatic amines is 1. The van der Waals surface area contributed by atoms with E-state index in [4.69, 9.17) is 18.0 Å². The van der Waals surface area contributed by atoms with E-state index < -0.39 is 0 Å². The second kappa shape index (κ2) is 5.30. The van der Waals surface area contributed by atoms with E-state index in [0.717, 1.165) is 12.8 Å². The molecule has 1 atom stereocenters. The quantitative estimate of drug-likeness (QED) is 0.764. The molecule has 1 aliphatic heterocycles. The molecule has 1 unspecified atom stereocenters. The number of nitrogens with zero attached hydrogens (tertiary/aromatic N) is 1. The van der Waals surface area contributed by atoms with Crippen LogP contribution in [0.15, 0.2) is 23.3 Å². The number of pyridine rings is 1. The van der Waals surface area contributed by atoms with Gasteiger partial charge in [0, 0.05) is 37.5 Å². The zero-order valence-electron chi connectivity index (χ0n) is 9.89. The third kappa shape index (κ3) is 2.59. The summed E-state index contributed by atoms with van der Waals surface area (Å²) in [6, 6.07) is 1.35. The summed E-state index contributed by atoms with van der Waals surface area (Å²) in [6.45, 7) is 1.15. The third-order valence-electron chi connectivity index (χ3n) is 3.17. The standard InChI is InChI=1S/C12H15N3O2S/c13-11(18)8-2-1-5-15(7-8)12(17)9-6-14-4-3-10(9)16/h3-4,6,8H,1-2,5,7H2,(H2,13,18)(H,14,16). The van der Waals surface area contributed by atoms with Gasteiger partial charge in [-0.15, -0.1) is 0 Å². The molecule has 1 aliphatic rings. The second-order valence-electron chi connectivity index (χ2n) is 4.41. The molecule has 6 heteroatoms. The van der Waals surface area contributed by atoms with E-state index in [9.17, 15) is 9.59 Å². The third-order valence-corrected chi connectivity index (χ3v) is 3.50. The molecule has 2 heterocycles. The van der Waals surface area contributed by atoms with E-state index >= 15 is 0 Å². The van der Waals surface area contributed by atoms with Crippen LogP contribution in [0.5, 0.6) is 0 Å². The molecule has 1 amide bonds. The van der Waals surface area contributed by atoms with Crippen LogP contribution in [0.2, 0.25) is 0 Å². The van der Waals surface area contributed by atoms with Crippen molar-refractivity contribution >= 4 is 23.1 Å². The first kappa shape index (κ1) is 12.8. The first-order valence-corrected chi connectivity index (χ1v) is 6.26. The molecule has 0 spiro atoms. The zero-order chi connectivity index (χ0) is 13.1. The number of carbonyl (C=O) groups excluding carboxylic acids is 1. The molecule has 1 aromatic rings. The summed E-state index contributed by atoms with van der Waals surface area (Å²) in [6.07, 6.45) is 4.71. The van der Waals surface area contributed by atoms with Crippen molar-refractivity contribution < 1.29 is 4.79 Å². The molecular formula is C12H15N3O2S. The molecule has 96 valence electrons. The Hall–Kier alpha value is -1.69. The molecule has 0 saturated carbocycles. The number of H-pyrrole nitrogens is 1. The Kier molecular flexibility index (Phi) is 3.76. The summed E-state index contributed by atoms with van der Waals surface area (Å²) in [5.41, 5.74) is 5.52. The maximum absolute atomic E-state index is 12.2. The summed E-state index contributed by atoms with van der Waals surface area (Å²) in [4.78, 5) is 28.7. The van der Waals surface area contributed by atoms with E-state index in [-0.39, 0.29) is 22.8 Å². The van der Waals surface area contributed by atoms with Crippen LogP contribution in [0, 0.1) is 5.92 Å². The Labute approximate surface area is 110 Å². The van der Waals surface area contributed by atoms with Crippen LogP contribution in [0.3, 0.4) is 0 Å². The molecule has 18 heavy (non-hydrogen) atoms. The number of hydrogen-bond acceptors (Lipinski definition) is 3. The molecule has 0 aromatic carbocycles. The Balaban J connectivity index is 2.17. The number of piperidine rings is 1. The minimum atomic E-state index is -0.267. The number of thiocarbonyl (C=S) groups is 1. The van der Waals surface area contributed by atoms with E-state index in [0.29, 0.717) is 18.1 Å². The number of hydrogen-bond donors (Lipinski definition) is 2. The van der Waals surface area contributed by atoms with Gasteiger partial charge in [0.15, 0.2) is 5.43 Å². The number of nitrogens with one attached hydrogen (secondary N) is 1. The predicted molar refractivity (Wildman–Crippen MR) is 72.5 cm³/mol. The fourth-order valence-corrected chi connectivity index (χ4v) is 2.34. The van der Waals surface area contributed by atoms with E-state index in [1.807, 2.05) is 0 Å². The van der Waals surface area contributed by atoms with Crippen molar-refractivity contribution in [3.05, 3.63) is 34.2 Å². The van der Waals surface area contributed by atoms with Gasteiger partial charge in [0.2, 0.25) is 0 Å². The van der Waals surface area contributed by atoms with Gasteiger partial charge in [-0.2, -0.15) is 0 Å². The van der Waals surface area contributed by atoms with Crippen LogP contribution in [0.4, 0.5) is 0 Å². The molecular weight excluding hydrogens is 250 g/mol. The van der Waals surface area contributed by atoms with Crippen molar-refractivity contribution in [2.45, 2.75) is 12.8 Å². The van der Waals surface area contributed by atoms with Gasteiger partial charge in [0.25, 0.3) is 5.91 Å². The Morgan fingerprint density at radius 2 is 2.33 bits per heavy atom. The number of nitrogens with two attached hydrogens (primary N) is 1. The molecule has 2 rings (SSSR count). The predicted octanol–water partition coefficient (Wildman–Crippen LogP) is 0.513. The number of rotatable bonds is 2. The Morgan fingerprint density at radius 3 is 3.00 bits per heavy atom. The normalized spacial score (nSPS) is 19.6. The molecule has 0 aliphatic carbocycles. The average Bonchev–Trinajstić information content (AvgIpc) is 2.38. The second-order valence-corrected chi connectivity index (χ2v) is 4.89. The highest BCUT2D eigenvalue weighted by Gasteiger charge is 2.26. The highest BCUT2D eigenvalue weighted by molar-refractivity contribution is 7.80. The van der Waals surface area contributed by atoms with Crippen LogP contribution in [-0.4, -0.2) is 33.9 Å². The first-order chi connectivity index (χ1) is 8.59. The van der Waals surface area contributed by atoms with Crippen molar-refractivity contribution in [3.8, 4) is 0 Å². The average molecular weight is 265 g/mol. The number of aromatic nitrogens is 1. The Morgan fingerprint density at radius 1 is 1.56 bits per heavy atom. The van der Waals surface area contributed by atoms with Gasteiger partial charge >= 0.3 is 0 Å². The minimum Gasteiger partial charge on any atom is -0.393 e. The summed E-state index contributed by atoms with van der Waals surface area (Å²) in [5.74, 6) is -0.196. The van der Waals surface area contributed by atoms with Crippen LogP contribution >= 0.6 is 12.2 Å². The van der Waals surface area contributed by atoms with E-state index in [1.54, 1.807) is 4.90 Å². The number of likely N-dealkylation sites (tertiary alicyclic amines) is 1. The van der Waals surface area contributed by atoms with Gasteiger partial charge in [0.05, 0.1) is 4.99 Å². The van der Waals surface area contributed by atoms with Crippen LogP contribution in [0.1, 0.15) is 23.2 Å². The van der Waals surface area contributed by atoms with Crippen molar-refractivity contribution in [1.29, 1.82) is 0 Å². The molecule has 5 nitrogen and oxygen atoms in total. The highest BCUT2D eigenvalue weighted by atomic mass is 32.1. The monoisotopic (exact) mass is 265 g/mol. The van der Waals surface area contributed by atoms with Crippen LogP contribution < -0.4 is 11.2 Å². The molecule has 3 N–H and O–H groups in total. The first-order valence-electron chi connectivity index (χ1n) is 5.85. The maximum Gasteiger partial charge on any atom is 0.259 e. The van der Waals surface area contributed by atoms with Crippen molar-refractivity contribution in [3.63, 3.8) is 0 Å². The topological polar surface area (TPSA) is 79.2 Å². The zero-order valence-corrected chi connectivity index (χ0v) is 10.7. The molecule has 1 saturated heterocycles. The fraction of sp³-hybridized carbons (Fsp3) is 0.417. The summed E-state index contributed by atoms with van der Waals surface area (Å²) in [5, 5.41) is 0. The van der Waals surface area contributed by atoms with Gasteiger partial charge in [-0.3, -0.25) is 9.59 Å². The minimum absolute atomic E-state index is 0.0560. The van der Waals surface area contributed by atoms with Crippen LogP contribution in [0.25, 0.3) is 0 Å². The van der Waals surface area contributed by atoms with Gasteiger partial charge in [0.1, 0.15) is 5.56 Å². The smallest absolute Gasteiger partial charge is 0.259 e. The lowest BCUT2D eigenvalue weighted by atomic mass is 9.97. The number of carbonyl (C=O) groups is 1. The molecule has 0 bridgehead atoms. The lowest BCUT2D eigenvalue weighted by molar-refractivity contribution is 0.0702.